The molecule has 0 N–H and O–H groups in total. The molecule has 1 fully saturated rings. The van der Waals surface area contributed by atoms with Crippen molar-refractivity contribution in [2.75, 3.05) is 13.1 Å². The van der Waals surface area contributed by atoms with Crippen molar-refractivity contribution in [1.29, 1.82) is 0 Å². The molecule has 0 bridgehead atoms. The molecule has 2 aromatic rings. The van der Waals surface area contributed by atoms with Gasteiger partial charge in [0, 0.05) is 13.0 Å². The number of rotatable bonds is 3. The molecule has 1 aliphatic heterocycles. The first-order valence-corrected chi connectivity index (χ1v) is 7.14. The average Bonchev–Trinajstić information content (AvgIpc) is 2.94. The Morgan fingerprint density at radius 2 is 2.04 bits per heavy atom. The Morgan fingerprint density at radius 1 is 1.30 bits per heavy atom. The van der Waals surface area contributed by atoms with E-state index in [-0.39, 0.29) is 19.2 Å². The van der Waals surface area contributed by atoms with Crippen LogP contribution in [0.4, 0.5) is 13.2 Å². The van der Waals surface area contributed by atoms with E-state index in [1.54, 1.807) is 6.07 Å². The van der Waals surface area contributed by atoms with Crippen LogP contribution in [0.3, 0.4) is 0 Å². The third-order valence-electron chi connectivity index (χ3n) is 3.56. The summed E-state index contributed by atoms with van der Waals surface area (Å²) in [4.78, 5) is 21.2. The summed E-state index contributed by atoms with van der Waals surface area (Å²) in [6.45, 7) is 0.379. The fourth-order valence-corrected chi connectivity index (χ4v) is 2.50. The molecule has 1 atom stereocenters. The minimum atomic E-state index is -4.49. The number of fused-ring (bicyclic) bond motifs is 1. The van der Waals surface area contributed by atoms with Crippen molar-refractivity contribution in [3.05, 3.63) is 30.5 Å². The smallest absolute Gasteiger partial charge is 0.397 e. The Morgan fingerprint density at radius 3 is 2.78 bits per heavy atom. The van der Waals surface area contributed by atoms with Crippen molar-refractivity contribution >= 4 is 16.9 Å². The van der Waals surface area contributed by atoms with Crippen molar-refractivity contribution in [3.8, 4) is 5.88 Å². The van der Waals surface area contributed by atoms with E-state index in [0.29, 0.717) is 17.8 Å². The number of halogens is 3. The van der Waals surface area contributed by atoms with Gasteiger partial charge in [0.05, 0.1) is 23.8 Å². The Kier molecular flexibility index (Phi) is 4.06. The van der Waals surface area contributed by atoms with Crippen LogP contribution >= 0.6 is 0 Å². The molecule has 1 amide bonds. The Labute approximate surface area is 130 Å². The van der Waals surface area contributed by atoms with E-state index in [0.717, 1.165) is 5.52 Å². The zero-order valence-corrected chi connectivity index (χ0v) is 12.1. The Hall–Kier alpha value is -2.38. The number of alkyl halides is 3. The molecule has 1 aliphatic rings. The van der Waals surface area contributed by atoms with Crippen LogP contribution in [0.2, 0.25) is 0 Å². The molecule has 1 aromatic heterocycles. The standard InChI is InChI=1S/C15H14F3N3O2/c16-15(17,18)7-14(22)21-6-5-10(9-21)23-13-8-19-11-3-1-2-4-12(11)20-13/h1-4,8,10H,5-7,9H2. The minimum Gasteiger partial charge on any atom is -0.471 e. The fraction of sp³-hybridized carbons (Fsp3) is 0.400. The predicted octanol–water partition coefficient (Wildman–Crippen LogP) is 2.56. The molecule has 0 radical (unpaired) electrons. The van der Waals surface area contributed by atoms with Gasteiger partial charge in [-0.2, -0.15) is 13.2 Å². The summed E-state index contributed by atoms with van der Waals surface area (Å²) < 4.78 is 42.4. The number of ether oxygens (including phenoxy) is 1. The van der Waals surface area contributed by atoms with Crippen molar-refractivity contribution < 1.29 is 22.7 Å². The van der Waals surface area contributed by atoms with E-state index in [1.807, 2.05) is 18.2 Å². The molecule has 0 spiro atoms. The molecule has 1 saturated heterocycles. The summed E-state index contributed by atoms with van der Waals surface area (Å²) in [5.41, 5.74) is 1.40. The van der Waals surface area contributed by atoms with Gasteiger partial charge in [0.25, 0.3) is 0 Å². The third-order valence-corrected chi connectivity index (χ3v) is 3.56. The van der Waals surface area contributed by atoms with Crippen molar-refractivity contribution in [2.45, 2.75) is 25.1 Å². The van der Waals surface area contributed by atoms with Crippen molar-refractivity contribution in [1.82, 2.24) is 14.9 Å². The van der Waals surface area contributed by atoms with Crippen LogP contribution in [0.25, 0.3) is 11.0 Å². The summed E-state index contributed by atoms with van der Waals surface area (Å²) in [5.74, 6) is -0.619. The maximum atomic E-state index is 12.3. The number of nitrogens with zero attached hydrogens (tertiary/aromatic N) is 3. The summed E-state index contributed by atoms with van der Waals surface area (Å²) in [5, 5.41) is 0. The lowest BCUT2D eigenvalue weighted by Gasteiger charge is -2.17. The van der Waals surface area contributed by atoms with E-state index in [4.69, 9.17) is 4.74 Å². The number of para-hydroxylation sites is 2. The topological polar surface area (TPSA) is 55.3 Å². The summed E-state index contributed by atoms with van der Waals surface area (Å²) in [6.07, 6.45) is -4.35. The van der Waals surface area contributed by atoms with Crippen LogP contribution in [-0.4, -0.2) is 46.1 Å². The number of benzene rings is 1. The van der Waals surface area contributed by atoms with Gasteiger partial charge in [-0.25, -0.2) is 9.97 Å². The molecule has 8 heteroatoms. The van der Waals surface area contributed by atoms with E-state index >= 15 is 0 Å². The quantitative estimate of drug-likeness (QED) is 0.870. The van der Waals surface area contributed by atoms with Gasteiger partial charge in [0.2, 0.25) is 11.8 Å². The molecule has 5 nitrogen and oxygen atoms in total. The molecule has 1 aromatic carbocycles. The largest absolute Gasteiger partial charge is 0.471 e. The molecule has 122 valence electrons. The first-order chi connectivity index (χ1) is 10.9. The molecule has 2 heterocycles. The highest BCUT2D eigenvalue weighted by atomic mass is 19.4. The van der Waals surface area contributed by atoms with Crippen LogP contribution in [0.15, 0.2) is 30.5 Å². The second-order valence-electron chi connectivity index (χ2n) is 5.36. The van der Waals surface area contributed by atoms with Crippen LogP contribution in [0.5, 0.6) is 5.88 Å². The van der Waals surface area contributed by atoms with Gasteiger partial charge >= 0.3 is 6.18 Å². The highest BCUT2D eigenvalue weighted by Crippen LogP contribution is 2.24. The number of carbonyl (C=O) groups excluding carboxylic acids is 1. The lowest BCUT2D eigenvalue weighted by Crippen LogP contribution is -2.34. The molecule has 3 rings (SSSR count). The highest BCUT2D eigenvalue weighted by Gasteiger charge is 2.36. The van der Waals surface area contributed by atoms with Crippen molar-refractivity contribution in [2.24, 2.45) is 0 Å². The molecule has 0 aliphatic carbocycles. The maximum Gasteiger partial charge on any atom is 0.397 e. The monoisotopic (exact) mass is 325 g/mol. The van der Waals surface area contributed by atoms with Gasteiger partial charge in [0.15, 0.2) is 0 Å². The average molecular weight is 325 g/mol. The second-order valence-corrected chi connectivity index (χ2v) is 5.36. The Bertz CT molecular complexity index is 720. The second kappa shape index (κ2) is 6.02. The zero-order valence-electron chi connectivity index (χ0n) is 12.1. The molecular weight excluding hydrogens is 311 g/mol. The maximum absolute atomic E-state index is 12.3. The fourth-order valence-electron chi connectivity index (χ4n) is 2.50. The van der Waals surface area contributed by atoms with E-state index in [1.165, 1.54) is 11.1 Å². The minimum absolute atomic E-state index is 0.128. The van der Waals surface area contributed by atoms with Crippen LogP contribution < -0.4 is 4.74 Å². The first-order valence-electron chi connectivity index (χ1n) is 7.14. The highest BCUT2D eigenvalue weighted by molar-refractivity contribution is 5.77. The van der Waals surface area contributed by atoms with Crippen molar-refractivity contribution in [3.63, 3.8) is 0 Å². The summed E-state index contributed by atoms with van der Waals surface area (Å²) in [6, 6.07) is 7.29. The molecule has 23 heavy (non-hydrogen) atoms. The van der Waals surface area contributed by atoms with Gasteiger partial charge in [-0.05, 0) is 12.1 Å². The summed E-state index contributed by atoms with van der Waals surface area (Å²) >= 11 is 0. The van der Waals surface area contributed by atoms with Gasteiger partial charge in [0.1, 0.15) is 12.5 Å². The predicted molar refractivity (Wildman–Crippen MR) is 75.8 cm³/mol. The third kappa shape index (κ3) is 3.88. The number of carbonyl (C=O) groups is 1. The number of hydrogen-bond acceptors (Lipinski definition) is 4. The van der Waals surface area contributed by atoms with Gasteiger partial charge in [-0.15, -0.1) is 0 Å². The van der Waals surface area contributed by atoms with Gasteiger partial charge in [-0.1, -0.05) is 12.1 Å². The van der Waals surface area contributed by atoms with E-state index < -0.39 is 18.5 Å². The van der Waals surface area contributed by atoms with Crippen LogP contribution in [-0.2, 0) is 4.79 Å². The lowest BCUT2D eigenvalue weighted by atomic mass is 10.3. The van der Waals surface area contributed by atoms with Gasteiger partial charge < -0.3 is 9.64 Å². The SMILES string of the molecule is O=C(CC(F)(F)F)N1CCC(Oc2cnc3ccccc3n2)C1. The van der Waals surface area contributed by atoms with Crippen LogP contribution in [0.1, 0.15) is 12.8 Å². The molecule has 0 saturated carbocycles. The van der Waals surface area contributed by atoms with E-state index in [2.05, 4.69) is 9.97 Å². The normalized spacial score (nSPS) is 18.4. The number of hydrogen-bond donors (Lipinski definition) is 0. The van der Waals surface area contributed by atoms with Gasteiger partial charge in [-0.3, -0.25) is 4.79 Å². The zero-order chi connectivity index (χ0) is 16.4. The first kappa shape index (κ1) is 15.5. The number of aromatic nitrogens is 2. The molecule has 1 unspecified atom stereocenters. The molecular formula is C15H14F3N3O2. The van der Waals surface area contributed by atoms with E-state index in [9.17, 15) is 18.0 Å². The summed E-state index contributed by atoms with van der Waals surface area (Å²) in [7, 11) is 0. The Balaban J connectivity index is 1.61. The van der Waals surface area contributed by atoms with Crippen LogP contribution in [0, 0.1) is 0 Å². The number of likely N-dealkylation sites (tertiary alicyclic amines) is 1. The number of amides is 1. The lowest BCUT2D eigenvalue weighted by molar-refractivity contribution is -0.160.